The van der Waals surface area contributed by atoms with Crippen molar-refractivity contribution in [3.8, 4) is 11.5 Å². The number of methoxy groups -OCH3 is 1. The topological polar surface area (TPSA) is 70.6 Å². The summed E-state index contributed by atoms with van der Waals surface area (Å²) in [6.45, 7) is 1.68. The number of amides is 1. The molecule has 0 spiro atoms. The molecule has 1 fully saturated rings. The van der Waals surface area contributed by atoms with Gasteiger partial charge in [0, 0.05) is 16.5 Å². The maximum Gasteiger partial charge on any atom is 0.259 e. The van der Waals surface area contributed by atoms with Crippen LogP contribution in [0.25, 0.3) is 0 Å². The number of carbonyl (C=O) groups is 1. The van der Waals surface area contributed by atoms with E-state index in [2.05, 4.69) is 28.8 Å². The standard InChI is InChI=1S/C27H29ClN2O3/c1-33-23-12-6-11-22(31)25(23)26(32)30-24(17-19-7-3-2-4-8-19)27(13-15-29-16-14-27)20-9-5-10-21(28)18-20/h2-12,18,24,29,31H,13-17H2,1H3,(H,30,32). The van der Waals surface area contributed by atoms with Crippen LogP contribution < -0.4 is 15.4 Å². The van der Waals surface area contributed by atoms with Gasteiger partial charge in [0.25, 0.3) is 5.91 Å². The number of rotatable bonds is 7. The largest absolute Gasteiger partial charge is 0.507 e. The van der Waals surface area contributed by atoms with Crippen molar-refractivity contribution in [2.45, 2.75) is 30.7 Å². The molecule has 5 nitrogen and oxygen atoms in total. The highest BCUT2D eigenvalue weighted by molar-refractivity contribution is 6.30. The van der Waals surface area contributed by atoms with E-state index in [1.165, 1.54) is 13.2 Å². The van der Waals surface area contributed by atoms with Crippen LogP contribution in [-0.4, -0.2) is 37.3 Å². The van der Waals surface area contributed by atoms with Crippen LogP contribution in [-0.2, 0) is 11.8 Å². The lowest BCUT2D eigenvalue weighted by molar-refractivity contribution is 0.0892. The van der Waals surface area contributed by atoms with Crippen molar-refractivity contribution in [2.75, 3.05) is 20.2 Å². The van der Waals surface area contributed by atoms with Crippen LogP contribution in [0.2, 0.25) is 5.02 Å². The molecule has 1 amide bonds. The molecule has 0 radical (unpaired) electrons. The van der Waals surface area contributed by atoms with Gasteiger partial charge >= 0.3 is 0 Å². The van der Waals surface area contributed by atoms with E-state index in [1.54, 1.807) is 12.1 Å². The highest BCUT2D eigenvalue weighted by Crippen LogP contribution is 2.40. The summed E-state index contributed by atoms with van der Waals surface area (Å²) in [5, 5.41) is 17.9. The van der Waals surface area contributed by atoms with Crippen molar-refractivity contribution in [3.05, 3.63) is 94.5 Å². The Balaban J connectivity index is 1.78. The molecule has 1 aliphatic heterocycles. The molecule has 1 saturated heterocycles. The van der Waals surface area contributed by atoms with Crippen LogP contribution in [0.3, 0.4) is 0 Å². The van der Waals surface area contributed by atoms with E-state index in [0.29, 0.717) is 17.2 Å². The zero-order valence-corrected chi connectivity index (χ0v) is 19.4. The first-order chi connectivity index (χ1) is 16.0. The van der Waals surface area contributed by atoms with E-state index in [9.17, 15) is 9.90 Å². The predicted molar refractivity (Wildman–Crippen MR) is 131 cm³/mol. The van der Waals surface area contributed by atoms with E-state index in [4.69, 9.17) is 16.3 Å². The zero-order chi connectivity index (χ0) is 23.3. The Kier molecular flexibility index (Phi) is 7.21. The van der Waals surface area contributed by atoms with Crippen LogP contribution in [0, 0.1) is 0 Å². The second kappa shape index (κ2) is 10.3. The number of aromatic hydroxyl groups is 1. The molecule has 172 valence electrons. The predicted octanol–water partition coefficient (Wildman–Crippen LogP) is 4.72. The van der Waals surface area contributed by atoms with E-state index >= 15 is 0 Å². The monoisotopic (exact) mass is 464 g/mol. The lowest BCUT2D eigenvalue weighted by atomic mass is 9.66. The normalized spacial score (nSPS) is 16.1. The average Bonchev–Trinajstić information content (AvgIpc) is 2.84. The molecule has 1 unspecified atom stereocenters. The summed E-state index contributed by atoms with van der Waals surface area (Å²) in [5.41, 5.74) is 2.07. The van der Waals surface area contributed by atoms with E-state index in [0.717, 1.165) is 37.1 Å². The fourth-order valence-corrected chi connectivity index (χ4v) is 5.08. The number of benzene rings is 3. The molecule has 0 aliphatic carbocycles. The number of phenols is 1. The summed E-state index contributed by atoms with van der Waals surface area (Å²) in [6, 6.07) is 22.7. The number of halogens is 1. The number of ether oxygens (including phenoxy) is 1. The highest BCUT2D eigenvalue weighted by atomic mass is 35.5. The number of phenolic OH excluding ortho intramolecular Hbond substituents is 1. The summed E-state index contributed by atoms with van der Waals surface area (Å²) in [6.07, 6.45) is 2.35. The molecule has 3 aromatic carbocycles. The minimum Gasteiger partial charge on any atom is -0.507 e. The van der Waals surface area contributed by atoms with Gasteiger partial charge < -0.3 is 20.5 Å². The summed E-state index contributed by atoms with van der Waals surface area (Å²) < 4.78 is 5.37. The van der Waals surface area contributed by atoms with Crippen molar-refractivity contribution >= 4 is 17.5 Å². The summed E-state index contributed by atoms with van der Waals surface area (Å²) in [4.78, 5) is 13.5. The molecule has 1 atom stereocenters. The summed E-state index contributed by atoms with van der Waals surface area (Å²) in [7, 11) is 1.49. The van der Waals surface area contributed by atoms with Crippen molar-refractivity contribution in [3.63, 3.8) is 0 Å². The lowest BCUT2D eigenvalue weighted by Crippen LogP contribution is -2.56. The van der Waals surface area contributed by atoms with Crippen LogP contribution in [0.4, 0.5) is 0 Å². The van der Waals surface area contributed by atoms with Crippen molar-refractivity contribution in [1.29, 1.82) is 0 Å². The van der Waals surface area contributed by atoms with Crippen LogP contribution >= 0.6 is 11.6 Å². The number of hydrogen-bond donors (Lipinski definition) is 3. The van der Waals surface area contributed by atoms with Gasteiger partial charge in [-0.15, -0.1) is 0 Å². The third-order valence-electron chi connectivity index (χ3n) is 6.60. The van der Waals surface area contributed by atoms with Crippen LogP contribution in [0.5, 0.6) is 11.5 Å². The molecule has 6 heteroatoms. The summed E-state index contributed by atoms with van der Waals surface area (Å²) >= 11 is 6.40. The molecule has 1 aliphatic rings. The molecular formula is C27H29ClN2O3. The van der Waals surface area contributed by atoms with Crippen LogP contribution in [0.15, 0.2) is 72.8 Å². The van der Waals surface area contributed by atoms with Crippen LogP contribution in [0.1, 0.15) is 34.3 Å². The minimum absolute atomic E-state index is 0.104. The fraction of sp³-hybridized carbons (Fsp3) is 0.296. The first kappa shape index (κ1) is 23.1. The molecule has 3 aromatic rings. The third-order valence-corrected chi connectivity index (χ3v) is 6.84. The highest BCUT2D eigenvalue weighted by Gasteiger charge is 2.42. The Morgan fingerprint density at radius 2 is 1.82 bits per heavy atom. The van der Waals surface area contributed by atoms with E-state index in [1.807, 2.05) is 36.4 Å². The Morgan fingerprint density at radius 3 is 2.52 bits per heavy atom. The number of hydrogen-bond acceptors (Lipinski definition) is 4. The lowest BCUT2D eigenvalue weighted by Gasteiger charge is -2.45. The Bertz CT molecular complexity index is 1100. The van der Waals surface area contributed by atoms with Gasteiger partial charge in [-0.2, -0.15) is 0 Å². The van der Waals surface area contributed by atoms with Gasteiger partial charge in [0.1, 0.15) is 17.1 Å². The van der Waals surface area contributed by atoms with E-state index < -0.39 is 0 Å². The minimum atomic E-state index is -0.356. The fourth-order valence-electron chi connectivity index (χ4n) is 4.89. The second-order valence-corrected chi connectivity index (χ2v) is 8.92. The van der Waals surface area contributed by atoms with Gasteiger partial charge in [0.15, 0.2) is 0 Å². The number of carbonyl (C=O) groups excluding carboxylic acids is 1. The second-order valence-electron chi connectivity index (χ2n) is 8.49. The average molecular weight is 465 g/mol. The number of nitrogens with one attached hydrogen (secondary N) is 2. The third kappa shape index (κ3) is 5.00. The molecule has 0 saturated carbocycles. The van der Waals surface area contributed by atoms with Gasteiger partial charge in [0.05, 0.1) is 7.11 Å². The van der Waals surface area contributed by atoms with Crippen molar-refractivity contribution in [2.24, 2.45) is 0 Å². The van der Waals surface area contributed by atoms with E-state index in [-0.39, 0.29) is 28.7 Å². The zero-order valence-electron chi connectivity index (χ0n) is 18.7. The quantitative estimate of drug-likeness (QED) is 0.473. The van der Waals surface area contributed by atoms with Gasteiger partial charge in [-0.05, 0) is 67.7 Å². The van der Waals surface area contributed by atoms with Crippen molar-refractivity contribution in [1.82, 2.24) is 10.6 Å². The van der Waals surface area contributed by atoms with Gasteiger partial charge in [-0.1, -0.05) is 60.1 Å². The maximum absolute atomic E-state index is 13.5. The van der Waals surface area contributed by atoms with Gasteiger partial charge in [0.2, 0.25) is 0 Å². The van der Waals surface area contributed by atoms with Gasteiger partial charge in [-0.25, -0.2) is 0 Å². The molecule has 0 bridgehead atoms. The smallest absolute Gasteiger partial charge is 0.259 e. The van der Waals surface area contributed by atoms with Crippen molar-refractivity contribution < 1.29 is 14.6 Å². The first-order valence-electron chi connectivity index (χ1n) is 11.2. The number of piperidine rings is 1. The molecule has 3 N–H and O–H groups in total. The molecule has 33 heavy (non-hydrogen) atoms. The Labute approximate surface area is 199 Å². The van der Waals surface area contributed by atoms with Gasteiger partial charge in [-0.3, -0.25) is 4.79 Å². The Morgan fingerprint density at radius 1 is 1.09 bits per heavy atom. The first-order valence-corrected chi connectivity index (χ1v) is 11.6. The summed E-state index contributed by atoms with van der Waals surface area (Å²) in [5.74, 6) is -0.119. The molecule has 4 rings (SSSR count). The SMILES string of the molecule is COc1cccc(O)c1C(=O)NC(Cc1ccccc1)C1(c2cccc(Cl)c2)CCNCC1. The molecule has 0 aromatic heterocycles. The molecule has 1 heterocycles. The molecular weight excluding hydrogens is 436 g/mol. The maximum atomic E-state index is 13.5. The Hall–Kier alpha value is -3.02.